The van der Waals surface area contributed by atoms with E-state index in [2.05, 4.69) is 0 Å². The van der Waals surface area contributed by atoms with Gasteiger partial charge in [0.05, 0.1) is 5.92 Å². The number of carbonyl (C=O) groups excluding carboxylic acids is 2. The van der Waals surface area contributed by atoms with Gasteiger partial charge in [-0.05, 0) is 18.9 Å². The predicted octanol–water partition coefficient (Wildman–Crippen LogP) is 1.82. The zero-order chi connectivity index (χ0) is 10.0. The molecule has 13 heavy (non-hydrogen) atoms. The molecule has 0 N–H and O–H groups in total. The first-order valence-corrected chi connectivity index (χ1v) is 4.47. The average Bonchev–Trinajstić information content (AvgIpc) is 2.35. The summed E-state index contributed by atoms with van der Waals surface area (Å²) in [6.07, 6.45) is 1.20. The number of ether oxygens (including phenoxy) is 1. The van der Waals surface area contributed by atoms with E-state index in [-0.39, 0.29) is 23.4 Å². The maximum Gasteiger partial charge on any atom is 0.313 e. The third-order valence-corrected chi connectivity index (χ3v) is 2.04. The number of Topliss-reactive ketones (excluding diaryl/α,β-unsaturated/α-hetero) is 1. The average molecular weight is 182 g/mol. The van der Waals surface area contributed by atoms with Gasteiger partial charge in [0, 0.05) is 6.42 Å². The first kappa shape index (κ1) is 9.96. The molecule has 3 heteroatoms. The minimum atomic E-state index is -0.329. The zero-order valence-corrected chi connectivity index (χ0v) is 8.22. The summed E-state index contributed by atoms with van der Waals surface area (Å²) in [5, 5.41) is 0. The molecule has 0 spiro atoms. The molecule has 0 aromatic carbocycles. The Morgan fingerprint density at radius 2 is 2.00 bits per heavy atom. The van der Waals surface area contributed by atoms with Crippen molar-refractivity contribution in [1.29, 1.82) is 0 Å². The normalized spacial score (nSPS) is 17.1. The Kier molecular flexibility index (Phi) is 2.86. The summed E-state index contributed by atoms with van der Waals surface area (Å²) in [4.78, 5) is 22.4. The van der Waals surface area contributed by atoms with Crippen molar-refractivity contribution in [2.75, 3.05) is 0 Å². The van der Waals surface area contributed by atoms with E-state index in [1.165, 1.54) is 0 Å². The molecule has 0 fully saturated rings. The third kappa shape index (κ3) is 2.17. The van der Waals surface area contributed by atoms with Crippen molar-refractivity contribution in [3.8, 4) is 0 Å². The molecule has 0 aromatic heterocycles. The second-order valence-corrected chi connectivity index (χ2v) is 3.61. The molecule has 0 aromatic rings. The Morgan fingerprint density at radius 3 is 2.38 bits per heavy atom. The predicted molar refractivity (Wildman–Crippen MR) is 47.9 cm³/mol. The Labute approximate surface area is 77.8 Å². The van der Waals surface area contributed by atoms with Crippen LogP contribution in [0.1, 0.15) is 33.6 Å². The van der Waals surface area contributed by atoms with Crippen LogP contribution in [0.2, 0.25) is 0 Å². The van der Waals surface area contributed by atoms with Gasteiger partial charge in [-0.3, -0.25) is 9.59 Å². The van der Waals surface area contributed by atoms with Gasteiger partial charge in [0.1, 0.15) is 0 Å². The van der Waals surface area contributed by atoms with E-state index >= 15 is 0 Å². The van der Waals surface area contributed by atoms with Crippen LogP contribution >= 0.6 is 0 Å². The maximum absolute atomic E-state index is 11.2. The molecule has 0 atom stereocenters. The van der Waals surface area contributed by atoms with Crippen molar-refractivity contribution in [3.05, 3.63) is 11.3 Å². The molecule has 1 aliphatic carbocycles. The van der Waals surface area contributed by atoms with E-state index in [4.69, 9.17) is 4.74 Å². The van der Waals surface area contributed by atoms with Crippen molar-refractivity contribution in [2.24, 2.45) is 5.92 Å². The van der Waals surface area contributed by atoms with Crippen LogP contribution in [0.25, 0.3) is 0 Å². The van der Waals surface area contributed by atoms with Crippen LogP contribution in [-0.4, -0.2) is 11.8 Å². The lowest BCUT2D eigenvalue weighted by molar-refractivity contribution is -0.145. The van der Waals surface area contributed by atoms with Crippen molar-refractivity contribution in [3.63, 3.8) is 0 Å². The molecular formula is C10H14O3. The van der Waals surface area contributed by atoms with E-state index < -0.39 is 0 Å². The van der Waals surface area contributed by atoms with Gasteiger partial charge in [0.2, 0.25) is 0 Å². The Balaban J connectivity index is 2.68. The van der Waals surface area contributed by atoms with Crippen LogP contribution in [0.15, 0.2) is 11.3 Å². The zero-order valence-electron chi connectivity index (χ0n) is 8.22. The SMILES string of the molecule is CC1=C(OC(=O)C(C)C)C(=O)CC1. The summed E-state index contributed by atoms with van der Waals surface area (Å²) < 4.78 is 4.99. The molecule has 1 aliphatic rings. The minimum Gasteiger partial charge on any atom is -0.423 e. The lowest BCUT2D eigenvalue weighted by Crippen LogP contribution is -2.14. The van der Waals surface area contributed by atoms with Crippen molar-refractivity contribution < 1.29 is 14.3 Å². The topological polar surface area (TPSA) is 43.4 Å². The van der Waals surface area contributed by atoms with Gasteiger partial charge < -0.3 is 4.74 Å². The summed E-state index contributed by atoms with van der Waals surface area (Å²) in [5.41, 5.74) is 0.888. The van der Waals surface area contributed by atoms with Gasteiger partial charge in [-0.1, -0.05) is 13.8 Å². The Morgan fingerprint density at radius 1 is 1.38 bits per heavy atom. The summed E-state index contributed by atoms with van der Waals surface area (Å²) in [7, 11) is 0. The number of carbonyl (C=O) groups is 2. The number of esters is 1. The molecule has 0 saturated heterocycles. The molecule has 3 nitrogen and oxygen atoms in total. The van der Waals surface area contributed by atoms with E-state index in [1.54, 1.807) is 13.8 Å². The third-order valence-electron chi connectivity index (χ3n) is 2.04. The molecule has 0 amide bonds. The number of allylic oxidation sites excluding steroid dienone is 2. The van der Waals surface area contributed by atoms with Gasteiger partial charge in [0.25, 0.3) is 0 Å². The van der Waals surface area contributed by atoms with Crippen LogP contribution in [0.5, 0.6) is 0 Å². The quantitative estimate of drug-likeness (QED) is 0.612. The summed E-state index contributed by atoms with van der Waals surface area (Å²) >= 11 is 0. The van der Waals surface area contributed by atoms with Crippen LogP contribution in [0, 0.1) is 5.92 Å². The van der Waals surface area contributed by atoms with Crippen molar-refractivity contribution >= 4 is 11.8 Å². The number of rotatable bonds is 2. The first-order chi connectivity index (χ1) is 6.02. The summed E-state index contributed by atoms with van der Waals surface area (Å²) in [6, 6.07) is 0. The maximum atomic E-state index is 11.2. The lowest BCUT2D eigenvalue weighted by atomic mass is 10.2. The molecule has 0 aliphatic heterocycles. The standard InChI is InChI=1S/C10H14O3/c1-6(2)10(12)13-9-7(3)4-5-8(9)11/h6H,4-5H2,1-3H3. The van der Waals surface area contributed by atoms with Gasteiger partial charge >= 0.3 is 5.97 Å². The molecule has 1 rings (SSSR count). The molecule has 0 saturated carbocycles. The summed E-state index contributed by atoms with van der Waals surface area (Å²) in [6.45, 7) is 5.32. The number of hydrogen-bond acceptors (Lipinski definition) is 3. The van der Waals surface area contributed by atoms with E-state index in [9.17, 15) is 9.59 Å². The summed E-state index contributed by atoms with van der Waals surface area (Å²) in [5.74, 6) is -0.288. The highest BCUT2D eigenvalue weighted by molar-refractivity contribution is 5.98. The smallest absolute Gasteiger partial charge is 0.313 e. The fourth-order valence-electron chi connectivity index (χ4n) is 1.13. The van der Waals surface area contributed by atoms with Gasteiger partial charge in [0.15, 0.2) is 11.5 Å². The van der Waals surface area contributed by atoms with Crippen LogP contribution in [-0.2, 0) is 14.3 Å². The Bertz CT molecular complexity index is 274. The molecule has 0 bridgehead atoms. The highest BCUT2D eigenvalue weighted by Crippen LogP contribution is 2.23. The molecule has 0 radical (unpaired) electrons. The fraction of sp³-hybridized carbons (Fsp3) is 0.600. The highest BCUT2D eigenvalue weighted by atomic mass is 16.5. The minimum absolute atomic E-state index is 0.0495. The lowest BCUT2D eigenvalue weighted by Gasteiger charge is -2.06. The Hall–Kier alpha value is -1.12. The van der Waals surface area contributed by atoms with Gasteiger partial charge in [-0.2, -0.15) is 0 Å². The molecule has 0 heterocycles. The number of hydrogen-bond donors (Lipinski definition) is 0. The largest absolute Gasteiger partial charge is 0.423 e. The van der Waals surface area contributed by atoms with Crippen LogP contribution < -0.4 is 0 Å². The highest BCUT2D eigenvalue weighted by Gasteiger charge is 2.24. The van der Waals surface area contributed by atoms with Crippen LogP contribution in [0.4, 0.5) is 0 Å². The first-order valence-electron chi connectivity index (χ1n) is 4.47. The second-order valence-electron chi connectivity index (χ2n) is 3.61. The van der Waals surface area contributed by atoms with Crippen molar-refractivity contribution in [2.45, 2.75) is 33.6 Å². The van der Waals surface area contributed by atoms with E-state index in [0.717, 1.165) is 12.0 Å². The van der Waals surface area contributed by atoms with Crippen molar-refractivity contribution in [1.82, 2.24) is 0 Å². The molecular weight excluding hydrogens is 168 g/mol. The van der Waals surface area contributed by atoms with E-state index in [0.29, 0.717) is 6.42 Å². The second kappa shape index (κ2) is 3.73. The van der Waals surface area contributed by atoms with Crippen LogP contribution in [0.3, 0.4) is 0 Å². The number of ketones is 1. The molecule has 0 unspecified atom stereocenters. The molecule has 72 valence electrons. The van der Waals surface area contributed by atoms with Gasteiger partial charge in [-0.25, -0.2) is 0 Å². The van der Waals surface area contributed by atoms with Gasteiger partial charge in [-0.15, -0.1) is 0 Å². The monoisotopic (exact) mass is 182 g/mol. The van der Waals surface area contributed by atoms with E-state index in [1.807, 2.05) is 6.92 Å². The fourth-order valence-corrected chi connectivity index (χ4v) is 1.13.